The molecule has 2 rings (SSSR count). The average Bonchev–Trinajstić information content (AvgIpc) is 2.57. The first-order valence-corrected chi connectivity index (χ1v) is 8.56. The van der Waals surface area contributed by atoms with Crippen LogP contribution < -0.4 is 16.8 Å². The summed E-state index contributed by atoms with van der Waals surface area (Å²) in [5.74, 6) is -0.397. The third-order valence-electron chi connectivity index (χ3n) is 3.87. The Bertz CT molecular complexity index is 734. The van der Waals surface area contributed by atoms with E-state index >= 15 is 0 Å². The van der Waals surface area contributed by atoms with E-state index in [-0.39, 0.29) is 11.8 Å². The highest BCUT2D eigenvalue weighted by Crippen LogP contribution is 2.30. The number of benzene rings is 2. The van der Waals surface area contributed by atoms with Crippen molar-refractivity contribution in [2.45, 2.75) is 32.2 Å². The molecular weight excluding hydrogens is 345 g/mol. The fourth-order valence-electron chi connectivity index (χ4n) is 2.56. The molecule has 0 aliphatic heterocycles. The van der Waals surface area contributed by atoms with Gasteiger partial charge in [-0.15, -0.1) is 0 Å². The van der Waals surface area contributed by atoms with Crippen LogP contribution in [0.3, 0.4) is 0 Å². The van der Waals surface area contributed by atoms with Crippen molar-refractivity contribution in [3.05, 3.63) is 57.6 Å². The summed E-state index contributed by atoms with van der Waals surface area (Å²) in [5, 5.41) is 3.85. The molecule has 0 bridgehead atoms. The second-order valence-electron chi connectivity index (χ2n) is 5.62. The maximum atomic E-state index is 12.7. The number of rotatable bonds is 6. The van der Waals surface area contributed by atoms with Gasteiger partial charge in [0.05, 0.1) is 16.0 Å². The number of amides is 1. The summed E-state index contributed by atoms with van der Waals surface area (Å²) >= 11 is 12.1. The lowest BCUT2D eigenvalue weighted by molar-refractivity contribution is -0.117. The predicted molar refractivity (Wildman–Crippen MR) is 101 cm³/mol. The number of hydrogen-bond donors (Lipinski definition) is 3. The molecule has 0 heterocycles. The van der Waals surface area contributed by atoms with Gasteiger partial charge in [-0.05, 0) is 47.9 Å². The number of carbonyl (C=O) groups is 1. The summed E-state index contributed by atoms with van der Waals surface area (Å²) < 4.78 is 0. The van der Waals surface area contributed by atoms with E-state index in [0.29, 0.717) is 34.4 Å². The molecule has 0 fully saturated rings. The minimum atomic E-state index is -0.302. The van der Waals surface area contributed by atoms with E-state index in [2.05, 4.69) is 5.32 Å². The Morgan fingerprint density at radius 1 is 1.17 bits per heavy atom. The molecule has 0 aromatic heterocycles. The van der Waals surface area contributed by atoms with Crippen molar-refractivity contribution >= 4 is 40.5 Å². The van der Waals surface area contributed by atoms with Crippen molar-refractivity contribution in [1.29, 1.82) is 0 Å². The van der Waals surface area contributed by atoms with Crippen molar-refractivity contribution in [3.8, 4) is 0 Å². The molecule has 6 heteroatoms. The first-order chi connectivity index (χ1) is 11.5. The molecule has 0 saturated heterocycles. The molecule has 0 aliphatic rings. The van der Waals surface area contributed by atoms with Gasteiger partial charge < -0.3 is 16.8 Å². The van der Waals surface area contributed by atoms with Crippen LogP contribution >= 0.6 is 23.2 Å². The molecule has 24 heavy (non-hydrogen) atoms. The van der Waals surface area contributed by atoms with E-state index in [4.69, 9.17) is 34.7 Å². The second-order valence-corrected chi connectivity index (χ2v) is 6.44. The standard InChI is InChI=1S/C18H21Cl2N3O/c1-2-3-14(11-4-6-15(19)16(20)9-11)18(24)23-13-5-7-17(22)12(8-13)10-21/h4-9,14H,2-3,10,21-22H2,1H3,(H,23,24). The molecule has 5 N–H and O–H groups in total. The van der Waals surface area contributed by atoms with Gasteiger partial charge in [0.1, 0.15) is 0 Å². The number of halogens is 2. The van der Waals surface area contributed by atoms with Crippen molar-refractivity contribution < 1.29 is 4.79 Å². The van der Waals surface area contributed by atoms with Crippen LogP contribution in [0.1, 0.15) is 36.8 Å². The summed E-state index contributed by atoms with van der Waals surface area (Å²) in [7, 11) is 0. The van der Waals surface area contributed by atoms with Crippen molar-refractivity contribution in [1.82, 2.24) is 0 Å². The molecule has 128 valence electrons. The number of hydrogen-bond acceptors (Lipinski definition) is 3. The van der Waals surface area contributed by atoms with Crippen LogP contribution in [0.25, 0.3) is 0 Å². The topological polar surface area (TPSA) is 81.1 Å². The Labute approximate surface area is 152 Å². The average molecular weight is 366 g/mol. The summed E-state index contributed by atoms with van der Waals surface area (Å²) in [4.78, 5) is 12.7. The number of nitrogen functional groups attached to an aromatic ring is 1. The fourth-order valence-corrected chi connectivity index (χ4v) is 2.86. The zero-order chi connectivity index (χ0) is 17.7. The monoisotopic (exact) mass is 365 g/mol. The predicted octanol–water partition coefficient (Wildman–Crippen LogP) is 4.56. The zero-order valence-electron chi connectivity index (χ0n) is 13.5. The Morgan fingerprint density at radius 3 is 2.54 bits per heavy atom. The molecular formula is C18H21Cl2N3O. The highest BCUT2D eigenvalue weighted by molar-refractivity contribution is 6.42. The maximum Gasteiger partial charge on any atom is 0.231 e. The molecule has 0 aliphatic carbocycles. The molecule has 1 amide bonds. The number of nitrogens with two attached hydrogens (primary N) is 2. The molecule has 0 radical (unpaired) electrons. The molecule has 0 spiro atoms. The van der Waals surface area contributed by atoms with Gasteiger partial charge in [0, 0.05) is 17.9 Å². The van der Waals surface area contributed by atoms with Gasteiger partial charge >= 0.3 is 0 Å². The van der Waals surface area contributed by atoms with E-state index in [1.165, 1.54) is 0 Å². The molecule has 2 aromatic carbocycles. The van der Waals surface area contributed by atoms with Crippen molar-refractivity contribution in [2.24, 2.45) is 5.73 Å². The Morgan fingerprint density at radius 2 is 1.92 bits per heavy atom. The lowest BCUT2D eigenvalue weighted by Crippen LogP contribution is -2.21. The first kappa shape index (κ1) is 18.6. The largest absolute Gasteiger partial charge is 0.398 e. The number of anilines is 2. The highest BCUT2D eigenvalue weighted by atomic mass is 35.5. The normalized spacial score (nSPS) is 12.0. The highest BCUT2D eigenvalue weighted by Gasteiger charge is 2.21. The van der Waals surface area contributed by atoms with E-state index in [9.17, 15) is 4.79 Å². The SMILES string of the molecule is CCCC(C(=O)Nc1ccc(N)c(CN)c1)c1ccc(Cl)c(Cl)c1. The van der Waals surface area contributed by atoms with Crippen LogP contribution in [-0.2, 0) is 11.3 Å². The number of carbonyl (C=O) groups excluding carboxylic acids is 1. The Hall–Kier alpha value is -1.75. The molecule has 4 nitrogen and oxygen atoms in total. The lowest BCUT2D eigenvalue weighted by Gasteiger charge is -2.18. The van der Waals surface area contributed by atoms with Crippen LogP contribution in [0.5, 0.6) is 0 Å². The van der Waals surface area contributed by atoms with Crippen LogP contribution in [-0.4, -0.2) is 5.91 Å². The van der Waals surface area contributed by atoms with E-state index in [1.54, 1.807) is 30.3 Å². The summed E-state index contributed by atoms with van der Waals surface area (Å²) in [6.07, 6.45) is 1.58. The third-order valence-corrected chi connectivity index (χ3v) is 4.61. The van der Waals surface area contributed by atoms with Gasteiger partial charge in [0.25, 0.3) is 0 Å². The van der Waals surface area contributed by atoms with Crippen LogP contribution in [0, 0.1) is 0 Å². The molecule has 1 atom stereocenters. The van der Waals surface area contributed by atoms with Gasteiger partial charge in [-0.2, -0.15) is 0 Å². The van der Waals surface area contributed by atoms with Crippen molar-refractivity contribution in [2.75, 3.05) is 11.1 Å². The zero-order valence-corrected chi connectivity index (χ0v) is 15.0. The van der Waals surface area contributed by atoms with Gasteiger partial charge in [0.2, 0.25) is 5.91 Å². The van der Waals surface area contributed by atoms with E-state index < -0.39 is 0 Å². The van der Waals surface area contributed by atoms with E-state index in [1.807, 2.05) is 13.0 Å². The Balaban J connectivity index is 2.24. The molecule has 2 aromatic rings. The lowest BCUT2D eigenvalue weighted by atomic mass is 9.93. The maximum absolute atomic E-state index is 12.7. The fraction of sp³-hybridized carbons (Fsp3) is 0.278. The number of nitrogens with one attached hydrogen (secondary N) is 1. The second kappa shape index (κ2) is 8.38. The van der Waals surface area contributed by atoms with Crippen LogP contribution in [0.2, 0.25) is 10.0 Å². The summed E-state index contributed by atoms with van der Waals surface area (Å²) in [6, 6.07) is 10.6. The van der Waals surface area contributed by atoms with Gasteiger partial charge in [-0.25, -0.2) is 0 Å². The summed E-state index contributed by atoms with van der Waals surface area (Å²) in [5.41, 5.74) is 14.4. The van der Waals surface area contributed by atoms with Crippen LogP contribution in [0.4, 0.5) is 11.4 Å². The first-order valence-electron chi connectivity index (χ1n) is 7.80. The van der Waals surface area contributed by atoms with Gasteiger partial charge in [-0.3, -0.25) is 4.79 Å². The minimum absolute atomic E-state index is 0.0945. The molecule has 0 saturated carbocycles. The molecule has 1 unspecified atom stereocenters. The van der Waals surface area contributed by atoms with Gasteiger partial charge in [-0.1, -0.05) is 42.6 Å². The van der Waals surface area contributed by atoms with E-state index in [0.717, 1.165) is 17.5 Å². The quantitative estimate of drug-likeness (QED) is 0.656. The summed E-state index contributed by atoms with van der Waals surface area (Å²) in [6.45, 7) is 2.36. The minimum Gasteiger partial charge on any atom is -0.398 e. The van der Waals surface area contributed by atoms with Gasteiger partial charge in [0.15, 0.2) is 0 Å². The third kappa shape index (κ3) is 4.41. The van der Waals surface area contributed by atoms with Crippen molar-refractivity contribution in [3.63, 3.8) is 0 Å². The van der Waals surface area contributed by atoms with Crippen LogP contribution in [0.15, 0.2) is 36.4 Å². The Kier molecular flexibility index (Phi) is 6.49. The smallest absolute Gasteiger partial charge is 0.231 e.